The van der Waals surface area contributed by atoms with Crippen molar-refractivity contribution in [2.24, 2.45) is 0 Å². The molecule has 0 saturated carbocycles. The largest absolute Gasteiger partial charge is 0.478 e. The molecule has 0 radical (unpaired) electrons. The van der Waals surface area contributed by atoms with Crippen molar-refractivity contribution in [3.8, 4) is 0 Å². The van der Waals surface area contributed by atoms with Gasteiger partial charge in [0.05, 0.1) is 18.2 Å². The molecule has 5 nitrogen and oxygen atoms in total. The van der Waals surface area contributed by atoms with Gasteiger partial charge < -0.3 is 9.84 Å². The second kappa shape index (κ2) is 6.36. The number of halogens is 1. The first-order valence-corrected chi connectivity index (χ1v) is 6.58. The molecule has 0 amide bonds. The van der Waals surface area contributed by atoms with Crippen molar-refractivity contribution < 1.29 is 23.8 Å². The highest BCUT2D eigenvalue weighted by Gasteiger charge is 2.12. The maximum Gasteiger partial charge on any atom is 0.338 e. The van der Waals surface area contributed by atoms with E-state index >= 15 is 0 Å². The van der Waals surface area contributed by atoms with Crippen molar-refractivity contribution in [1.29, 1.82) is 0 Å². The third kappa shape index (κ3) is 3.57. The Morgan fingerprint density at radius 1 is 1.29 bits per heavy atom. The summed E-state index contributed by atoms with van der Waals surface area (Å²) in [6.45, 7) is 0. The molecule has 7 heteroatoms. The second-order valence-corrected chi connectivity index (χ2v) is 5.02. The van der Waals surface area contributed by atoms with Crippen LogP contribution in [-0.4, -0.2) is 29.1 Å². The summed E-state index contributed by atoms with van der Waals surface area (Å²) >= 11 is 1.12. The monoisotopic (exact) mass is 307 g/mol. The van der Waals surface area contributed by atoms with E-state index in [-0.39, 0.29) is 0 Å². The van der Waals surface area contributed by atoms with Crippen LogP contribution in [0.1, 0.15) is 20.7 Å². The summed E-state index contributed by atoms with van der Waals surface area (Å²) in [7, 11) is 1.27. The minimum Gasteiger partial charge on any atom is -0.478 e. The van der Waals surface area contributed by atoms with Crippen molar-refractivity contribution >= 4 is 23.7 Å². The van der Waals surface area contributed by atoms with Crippen LogP contribution in [-0.2, 0) is 4.74 Å². The lowest BCUT2D eigenvalue weighted by atomic mass is 10.2. The van der Waals surface area contributed by atoms with Crippen molar-refractivity contribution in [3.63, 3.8) is 0 Å². The lowest BCUT2D eigenvalue weighted by Crippen LogP contribution is -2.02. The molecule has 0 fully saturated rings. The van der Waals surface area contributed by atoms with Gasteiger partial charge in [-0.25, -0.2) is 19.0 Å². The number of ether oxygens (including phenoxy) is 1. The van der Waals surface area contributed by atoms with Crippen LogP contribution < -0.4 is 0 Å². The molecule has 108 valence electrons. The minimum absolute atomic E-state index is 0.329. The Bertz CT molecular complexity index is 705. The van der Waals surface area contributed by atoms with Gasteiger partial charge in [-0.15, -0.1) is 0 Å². The van der Waals surface area contributed by atoms with Crippen LogP contribution in [0.2, 0.25) is 0 Å². The van der Waals surface area contributed by atoms with Crippen LogP contribution in [0.4, 0.5) is 4.39 Å². The zero-order chi connectivity index (χ0) is 15.4. The van der Waals surface area contributed by atoms with Gasteiger partial charge in [0, 0.05) is 11.1 Å². The Balaban J connectivity index is 2.28. The maximum atomic E-state index is 13.3. The number of rotatable bonds is 4. The average molecular weight is 307 g/mol. The molecular weight excluding hydrogens is 297 g/mol. The standard InChI is InChI=1S/C14H10FNO4S/c1-20-14(19)8-4-5-16-12(6-8)21-9-2-3-11(15)10(7-9)13(17)18/h2-7H,1H3,(H,17,18). The number of esters is 1. The van der Waals surface area contributed by atoms with Gasteiger partial charge in [-0.05, 0) is 30.3 Å². The molecule has 1 N–H and O–H groups in total. The number of aromatic nitrogens is 1. The normalized spacial score (nSPS) is 10.2. The number of carboxylic acids is 1. The molecule has 0 aliphatic carbocycles. The van der Waals surface area contributed by atoms with Crippen molar-refractivity contribution in [1.82, 2.24) is 4.98 Å². The van der Waals surface area contributed by atoms with Crippen LogP contribution in [0, 0.1) is 5.82 Å². The number of carbonyl (C=O) groups is 2. The highest BCUT2D eigenvalue weighted by atomic mass is 32.2. The number of hydrogen-bond donors (Lipinski definition) is 1. The summed E-state index contributed by atoms with van der Waals surface area (Å²) in [5, 5.41) is 9.35. The molecular formula is C14H10FNO4S. The van der Waals surface area contributed by atoms with Crippen LogP contribution in [0.3, 0.4) is 0 Å². The van der Waals surface area contributed by atoms with Gasteiger partial charge in [0.1, 0.15) is 10.8 Å². The molecule has 0 aliphatic rings. The predicted octanol–water partition coefficient (Wildman–Crippen LogP) is 2.86. The quantitative estimate of drug-likeness (QED) is 0.875. The van der Waals surface area contributed by atoms with E-state index in [1.54, 1.807) is 0 Å². The maximum absolute atomic E-state index is 13.3. The highest BCUT2D eigenvalue weighted by molar-refractivity contribution is 7.99. The van der Waals surface area contributed by atoms with E-state index in [1.165, 1.54) is 37.6 Å². The molecule has 1 aromatic heterocycles. The molecule has 2 rings (SSSR count). The molecule has 0 atom stereocenters. The summed E-state index contributed by atoms with van der Waals surface area (Å²) < 4.78 is 17.9. The minimum atomic E-state index is -1.34. The third-order valence-corrected chi connectivity index (χ3v) is 3.47. The number of nitrogens with zero attached hydrogens (tertiary/aromatic N) is 1. The van der Waals surface area contributed by atoms with E-state index < -0.39 is 23.3 Å². The first-order valence-electron chi connectivity index (χ1n) is 5.76. The van der Waals surface area contributed by atoms with Gasteiger partial charge in [0.15, 0.2) is 0 Å². The SMILES string of the molecule is COC(=O)c1ccnc(Sc2ccc(F)c(C(=O)O)c2)c1. The van der Waals surface area contributed by atoms with E-state index in [0.29, 0.717) is 15.5 Å². The Labute approximate surface area is 123 Å². The second-order valence-electron chi connectivity index (χ2n) is 3.92. The van der Waals surface area contributed by atoms with Gasteiger partial charge >= 0.3 is 11.9 Å². The lowest BCUT2D eigenvalue weighted by molar-refractivity contribution is 0.0599. The van der Waals surface area contributed by atoms with E-state index in [2.05, 4.69) is 9.72 Å². The molecule has 0 bridgehead atoms. The number of carbonyl (C=O) groups excluding carboxylic acids is 1. The number of carboxylic acid groups (broad SMARTS) is 1. The zero-order valence-corrected chi connectivity index (χ0v) is 11.7. The van der Waals surface area contributed by atoms with E-state index in [4.69, 9.17) is 5.11 Å². The molecule has 1 aromatic carbocycles. The Hall–Kier alpha value is -2.41. The predicted molar refractivity (Wildman–Crippen MR) is 73.1 cm³/mol. The van der Waals surface area contributed by atoms with Crippen LogP contribution in [0.25, 0.3) is 0 Å². The molecule has 0 saturated heterocycles. The highest BCUT2D eigenvalue weighted by Crippen LogP contribution is 2.28. The Morgan fingerprint density at radius 2 is 2.05 bits per heavy atom. The number of methoxy groups -OCH3 is 1. The molecule has 0 unspecified atom stereocenters. The number of aromatic carboxylic acids is 1. The fourth-order valence-electron chi connectivity index (χ4n) is 1.56. The molecule has 0 spiro atoms. The fraction of sp³-hybridized carbons (Fsp3) is 0.0714. The van der Waals surface area contributed by atoms with E-state index in [1.807, 2.05) is 0 Å². The van der Waals surface area contributed by atoms with Gasteiger partial charge in [0.25, 0.3) is 0 Å². The third-order valence-electron chi connectivity index (χ3n) is 2.55. The van der Waals surface area contributed by atoms with Crippen LogP contribution in [0.15, 0.2) is 46.5 Å². The van der Waals surface area contributed by atoms with Gasteiger partial charge in [-0.2, -0.15) is 0 Å². The molecule has 0 aliphatic heterocycles. The summed E-state index contributed by atoms with van der Waals surface area (Å²) in [6.07, 6.45) is 1.44. The van der Waals surface area contributed by atoms with Crippen LogP contribution >= 0.6 is 11.8 Å². The van der Waals surface area contributed by atoms with Crippen molar-refractivity contribution in [3.05, 3.63) is 53.5 Å². The van der Waals surface area contributed by atoms with Gasteiger partial charge in [-0.1, -0.05) is 11.8 Å². The fourth-order valence-corrected chi connectivity index (χ4v) is 2.42. The summed E-state index contributed by atoms with van der Waals surface area (Å²) in [5.74, 6) is -2.64. The summed E-state index contributed by atoms with van der Waals surface area (Å²) in [4.78, 5) is 26.9. The first-order chi connectivity index (χ1) is 10.0. The summed E-state index contributed by atoms with van der Waals surface area (Å²) in [6, 6.07) is 6.76. The van der Waals surface area contributed by atoms with Gasteiger partial charge in [-0.3, -0.25) is 0 Å². The zero-order valence-electron chi connectivity index (χ0n) is 10.9. The molecule has 2 aromatic rings. The first kappa shape index (κ1) is 15.0. The number of hydrogen-bond acceptors (Lipinski definition) is 5. The van der Waals surface area contributed by atoms with Crippen molar-refractivity contribution in [2.75, 3.05) is 7.11 Å². The van der Waals surface area contributed by atoms with E-state index in [9.17, 15) is 14.0 Å². The molecule has 1 heterocycles. The Morgan fingerprint density at radius 3 is 2.71 bits per heavy atom. The average Bonchev–Trinajstić information content (AvgIpc) is 2.48. The summed E-state index contributed by atoms with van der Waals surface area (Å²) in [5.41, 5.74) is -0.0836. The van der Waals surface area contributed by atoms with E-state index in [0.717, 1.165) is 17.8 Å². The Kier molecular flexibility index (Phi) is 4.54. The smallest absolute Gasteiger partial charge is 0.338 e. The van der Waals surface area contributed by atoms with Crippen molar-refractivity contribution in [2.45, 2.75) is 9.92 Å². The number of benzene rings is 1. The van der Waals surface area contributed by atoms with Gasteiger partial charge in [0.2, 0.25) is 0 Å². The lowest BCUT2D eigenvalue weighted by Gasteiger charge is -2.05. The molecule has 21 heavy (non-hydrogen) atoms. The topological polar surface area (TPSA) is 76.5 Å². The van der Waals surface area contributed by atoms with Crippen LogP contribution in [0.5, 0.6) is 0 Å². The number of pyridine rings is 1.